The van der Waals surface area contributed by atoms with Crippen molar-refractivity contribution in [3.63, 3.8) is 0 Å². The van der Waals surface area contributed by atoms with Crippen LogP contribution in [0.25, 0.3) is 0 Å². The summed E-state index contributed by atoms with van der Waals surface area (Å²) in [7, 11) is 0. The van der Waals surface area contributed by atoms with Crippen LogP contribution in [-0.4, -0.2) is 34.6 Å². The Morgan fingerprint density at radius 3 is 2.18 bits per heavy atom. The topological polar surface area (TPSA) is 104 Å². The Kier molecular flexibility index (Phi) is 3.75. The Hall–Kier alpha value is -1.59. The van der Waals surface area contributed by atoms with Gasteiger partial charge in [0.15, 0.2) is 0 Å². The van der Waals surface area contributed by atoms with E-state index in [9.17, 15) is 14.4 Å². The fourth-order valence-electron chi connectivity index (χ4n) is 2.15. The van der Waals surface area contributed by atoms with E-state index >= 15 is 0 Å². The van der Waals surface area contributed by atoms with E-state index in [1.807, 2.05) is 0 Å². The van der Waals surface area contributed by atoms with Crippen molar-refractivity contribution >= 4 is 17.8 Å². The second-order valence-corrected chi connectivity index (χ2v) is 4.90. The zero-order valence-corrected chi connectivity index (χ0v) is 9.90. The van der Waals surface area contributed by atoms with Crippen molar-refractivity contribution in [3.05, 3.63) is 0 Å². The number of carbonyl (C=O) groups is 3. The molecule has 0 bridgehead atoms. The lowest BCUT2D eigenvalue weighted by Gasteiger charge is -2.04. The first-order valence-electron chi connectivity index (χ1n) is 5.50. The number of carboxylic acids is 2. The molecular weight excluding hydrogens is 226 g/mol. The molecule has 3 N–H and O–H groups in total. The van der Waals surface area contributed by atoms with Crippen LogP contribution in [0.5, 0.6) is 0 Å². The maximum absolute atomic E-state index is 11.7. The maximum atomic E-state index is 11.7. The lowest BCUT2D eigenvalue weighted by molar-refractivity contribution is -0.140. The summed E-state index contributed by atoms with van der Waals surface area (Å²) in [6, 6.07) is 0. The Bertz CT molecular complexity index is 350. The van der Waals surface area contributed by atoms with E-state index in [1.165, 1.54) is 0 Å². The van der Waals surface area contributed by atoms with Crippen LogP contribution < -0.4 is 5.32 Å². The Morgan fingerprint density at radius 2 is 1.76 bits per heavy atom. The summed E-state index contributed by atoms with van der Waals surface area (Å²) in [4.78, 5) is 32.8. The average molecular weight is 243 g/mol. The molecule has 17 heavy (non-hydrogen) atoms. The molecule has 1 aliphatic carbocycles. The number of carboxylic acid groups (broad SMARTS) is 2. The van der Waals surface area contributed by atoms with Gasteiger partial charge in [0.25, 0.3) is 0 Å². The number of aliphatic carboxylic acids is 2. The zero-order valence-electron chi connectivity index (χ0n) is 9.90. The molecule has 0 saturated heterocycles. The summed E-state index contributed by atoms with van der Waals surface area (Å²) in [5.41, 5.74) is -0.511. The summed E-state index contributed by atoms with van der Waals surface area (Å²) in [6.45, 7) is 3.75. The van der Waals surface area contributed by atoms with E-state index in [2.05, 4.69) is 5.32 Å². The normalized spacial score (nSPS) is 25.1. The maximum Gasteiger partial charge on any atom is 0.307 e. The number of nitrogens with one attached hydrogen (secondary N) is 1. The van der Waals surface area contributed by atoms with E-state index in [0.29, 0.717) is 6.42 Å². The first-order chi connectivity index (χ1) is 7.78. The van der Waals surface area contributed by atoms with Crippen molar-refractivity contribution in [1.29, 1.82) is 0 Å². The number of hydrogen-bond donors (Lipinski definition) is 3. The fraction of sp³-hybridized carbons (Fsp3) is 0.727. The molecule has 1 amide bonds. The summed E-state index contributed by atoms with van der Waals surface area (Å²) in [5, 5.41) is 19.9. The molecule has 0 radical (unpaired) electrons. The Balaban J connectivity index is 2.35. The van der Waals surface area contributed by atoms with Crippen LogP contribution in [-0.2, 0) is 14.4 Å². The van der Waals surface area contributed by atoms with Crippen LogP contribution in [0, 0.1) is 17.3 Å². The van der Waals surface area contributed by atoms with Crippen LogP contribution in [0.4, 0.5) is 0 Å². The molecule has 1 aliphatic rings. The van der Waals surface area contributed by atoms with Crippen LogP contribution in [0.3, 0.4) is 0 Å². The molecule has 6 nitrogen and oxygen atoms in total. The molecule has 0 aromatic carbocycles. The average Bonchev–Trinajstić information content (AvgIpc) is 2.76. The second kappa shape index (κ2) is 4.73. The Labute approximate surface area is 99.0 Å². The van der Waals surface area contributed by atoms with Crippen LogP contribution >= 0.6 is 0 Å². The highest BCUT2D eigenvalue weighted by molar-refractivity contribution is 5.91. The summed E-state index contributed by atoms with van der Waals surface area (Å²) in [5.74, 6) is -3.31. The third-order valence-electron chi connectivity index (χ3n) is 3.24. The monoisotopic (exact) mass is 243 g/mol. The third kappa shape index (κ3) is 2.95. The molecule has 0 aromatic heterocycles. The standard InChI is InChI=1S/C11H17NO5/c1-11(2)7(8(11)10(16)17)9(15)12-5-3-4-6(13)14/h7-8H,3-5H2,1-2H3,(H,12,15)(H,13,14)(H,16,17)/t7-,8-/m0/s1. The summed E-state index contributed by atoms with van der Waals surface area (Å²) in [6.07, 6.45) is 0.350. The fourth-order valence-corrected chi connectivity index (χ4v) is 2.15. The molecule has 2 atom stereocenters. The molecule has 0 aromatic rings. The molecular formula is C11H17NO5. The first-order valence-corrected chi connectivity index (χ1v) is 5.50. The van der Waals surface area contributed by atoms with Crippen molar-refractivity contribution < 1.29 is 24.6 Å². The molecule has 6 heteroatoms. The van der Waals surface area contributed by atoms with E-state index in [0.717, 1.165) is 0 Å². The molecule has 0 heterocycles. The van der Waals surface area contributed by atoms with Gasteiger partial charge in [-0.2, -0.15) is 0 Å². The van der Waals surface area contributed by atoms with Crippen molar-refractivity contribution in [2.45, 2.75) is 26.7 Å². The molecule has 0 spiro atoms. The highest BCUT2D eigenvalue weighted by atomic mass is 16.4. The number of hydrogen-bond acceptors (Lipinski definition) is 3. The summed E-state index contributed by atoms with van der Waals surface area (Å²) < 4.78 is 0. The quantitative estimate of drug-likeness (QED) is 0.583. The lowest BCUT2D eigenvalue weighted by Crippen LogP contribution is -2.28. The minimum Gasteiger partial charge on any atom is -0.481 e. The van der Waals surface area contributed by atoms with Crippen LogP contribution in [0.2, 0.25) is 0 Å². The minimum absolute atomic E-state index is 0.00328. The number of rotatable bonds is 6. The summed E-state index contributed by atoms with van der Waals surface area (Å²) >= 11 is 0. The van der Waals surface area contributed by atoms with Gasteiger partial charge in [0.1, 0.15) is 0 Å². The van der Waals surface area contributed by atoms with Crippen molar-refractivity contribution in [3.8, 4) is 0 Å². The largest absolute Gasteiger partial charge is 0.481 e. The second-order valence-electron chi connectivity index (χ2n) is 4.90. The molecule has 96 valence electrons. The highest BCUT2D eigenvalue weighted by Crippen LogP contribution is 2.58. The zero-order chi connectivity index (χ0) is 13.2. The van der Waals surface area contributed by atoms with Gasteiger partial charge < -0.3 is 15.5 Å². The van der Waals surface area contributed by atoms with Gasteiger partial charge in [-0.25, -0.2) is 0 Å². The molecule has 0 unspecified atom stereocenters. The van der Waals surface area contributed by atoms with Crippen molar-refractivity contribution in [2.75, 3.05) is 6.54 Å². The smallest absolute Gasteiger partial charge is 0.307 e. The van der Waals surface area contributed by atoms with Gasteiger partial charge >= 0.3 is 11.9 Å². The molecule has 1 saturated carbocycles. The van der Waals surface area contributed by atoms with Crippen molar-refractivity contribution in [1.82, 2.24) is 5.32 Å². The molecule has 1 fully saturated rings. The SMILES string of the molecule is CC1(C)[C@H](C(=O)O)[C@H]1C(=O)NCCCC(=O)O. The van der Waals surface area contributed by atoms with E-state index < -0.39 is 29.2 Å². The van der Waals surface area contributed by atoms with E-state index in [4.69, 9.17) is 10.2 Å². The van der Waals surface area contributed by atoms with Crippen LogP contribution in [0.1, 0.15) is 26.7 Å². The first kappa shape index (κ1) is 13.5. The van der Waals surface area contributed by atoms with Gasteiger partial charge in [-0.1, -0.05) is 13.8 Å². The van der Waals surface area contributed by atoms with Gasteiger partial charge in [0.05, 0.1) is 11.8 Å². The van der Waals surface area contributed by atoms with Gasteiger partial charge in [-0.05, 0) is 11.8 Å². The molecule has 0 aliphatic heterocycles. The van der Waals surface area contributed by atoms with Gasteiger partial charge in [0.2, 0.25) is 5.91 Å². The lowest BCUT2D eigenvalue weighted by atomic mass is 10.1. The predicted octanol–water partition coefficient (Wildman–Crippen LogP) is 0.324. The van der Waals surface area contributed by atoms with Gasteiger partial charge in [0, 0.05) is 13.0 Å². The van der Waals surface area contributed by atoms with Gasteiger partial charge in [-0.3, -0.25) is 14.4 Å². The number of amides is 1. The van der Waals surface area contributed by atoms with Gasteiger partial charge in [-0.15, -0.1) is 0 Å². The van der Waals surface area contributed by atoms with E-state index in [-0.39, 0.29) is 18.9 Å². The highest BCUT2D eigenvalue weighted by Gasteiger charge is 2.65. The van der Waals surface area contributed by atoms with E-state index in [1.54, 1.807) is 13.8 Å². The number of carbonyl (C=O) groups excluding carboxylic acids is 1. The minimum atomic E-state index is -0.958. The predicted molar refractivity (Wildman–Crippen MR) is 58.3 cm³/mol. The van der Waals surface area contributed by atoms with Crippen LogP contribution in [0.15, 0.2) is 0 Å². The molecule has 1 rings (SSSR count). The Morgan fingerprint density at radius 1 is 1.18 bits per heavy atom. The third-order valence-corrected chi connectivity index (χ3v) is 3.24. The van der Waals surface area contributed by atoms with Crippen molar-refractivity contribution in [2.24, 2.45) is 17.3 Å².